The van der Waals surface area contributed by atoms with Gasteiger partial charge in [-0.2, -0.15) is 0 Å². The predicted molar refractivity (Wildman–Crippen MR) is 261 cm³/mol. The van der Waals surface area contributed by atoms with Crippen LogP contribution < -0.4 is 0 Å². The second kappa shape index (κ2) is 14.0. The van der Waals surface area contributed by atoms with Crippen LogP contribution in [0.5, 0.6) is 0 Å². The average Bonchev–Trinajstić information content (AvgIpc) is 4.00. The first-order valence-electron chi connectivity index (χ1n) is 21.4. The number of benzene rings is 9. The zero-order valence-electron chi connectivity index (χ0n) is 34.1. The molecule has 5 heteroatoms. The van der Waals surface area contributed by atoms with Gasteiger partial charge in [0.1, 0.15) is 11.2 Å². The molecule has 0 fully saturated rings. The Labute approximate surface area is 363 Å². The van der Waals surface area contributed by atoms with Gasteiger partial charge in [0.05, 0.1) is 33.1 Å². The van der Waals surface area contributed by atoms with Crippen LogP contribution in [0, 0.1) is 0 Å². The molecule has 0 aliphatic rings. The molecular formula is C58H37N5. The summed E-state index contributed by atoms with van der Waals surface area (Å²) < 4.78 is 6.95. The fourth-order valence-corrected chi connectivity index (χ4v) is 9.81. The van der Waals surface area contributed by atoms with E-state index in [0.717, 1.165) is 83.1 Å². The Bertz CT molecular complexity index is 3880. The van der Waals surface area contributed by atoms with Crippen LogP contribution in [0.15, 0.2) is 224 Å². The molecule has 0 spiro atoms. The summed E-state index contributed by atoms with van der Waals surface area (Å²) in [6.07, 6.45) is 0. The van der Waals surface area contributed by atoms with E-state index in [1.807, 2.05) is 0 Å². The third-order valence-electron chi connectivity index (χ3n) is 12.7. The third kappa shape index (κ3) is 5.50. The molecule has 13 rings (SSSR count). The zero-order chi connectivity index (χ0) is 41.4. The molecule has 4 heterocycles. The van der Waals surface area contributed by atoms with Crippen molar-refractivity contribution in [1.82, 2.24) is 23.7 Å². The molecule has 0 aliphatic heterocycles. The highest BCUT2D eigenvalue weighted by Crippen LogP contribution is 2.41. The van der Waals surface area contributed by atoms with Gasteiger partial charge in [0.2, 0.25) is 5.95 Å². The fourth-order valence-electron chi connectivity index (χ4n) is 9.81. The third-order valence-corrected chi connectivity index (χ3v) is 12.7. The lowest BCUT2D eigenvalue weighted by molar-refractivity contribution is 1.01. The smallest absolute Gasteiger partial charge is 0.235 e. The molecule has 294 valence electrons. The van der Waals surface area contributed by atoms with E-state index in [0.29, 0.717) is 5.95 Å². The number of hydrogen-bond acceptors (Lipinski definition) is 2. The van der Waals surface area contributed by atoms with Crippen molar-refractivity contribution in [2.45, 2.75) is 0 Å². The molecule has 0 amide bonds. The standard InChI is InChI=1S/C58H37N5/c1-5-17-38(18-6-1)40-29-34-54-49(37-40)56-57(62(54)44-23-11-4-12-24-44)55(39-19-7-2-8-20-39)59-58(60-56)63-51-28-16-14-26-46(51)48-36-42(31-33-53(48)63)41-30-32-52-47(35-41)45-25-13-15-27-50(45)61(52)43-21-9-3-10-22-43/h1-37H. The number of hydrogen-bond donors (Lipinski definition) is 0. The van der Waals surface area contributed by atoms with Crippen molar-refractivity contribution < 1.29 is 0 Å². The number of rotatable bonds is 6. The van der Waals surface area contributed by atoms with Gasteiger partial charge in [0, 0.05) is 43.9 Å². The van der Waals surface area contributed by atoms with Crippen LogP contribution in [0.3, 0.4) is 0 Å². The van der Waals surface area contributed by atoms with Crippen molar-refractivity contribution in [3.63, 3.8) is 0 Å². The van der Waals surface area contributed by atoms with E-state index in [1.54, 1.807) is 0 Å². The molecule has 4 aromatic heterocycles. The molecule has 0 aliphatic carbocycles. The van der Waals surface area contributed by atoms with Crippen LogP contribution in [0.2, 0.25) is 0 Å². The van der Waals surface area contributed by atoms with Crippen molar-refractivity contribution in [1.29, 1.82) is 0 Å². The van der Waals surface area contributed by atoms with Gasteiger partial charge in [-0.25, -0.2) is 9.97 Å². The topological polar surface area (TPSA) is 40.6 Å². The summed E-state index contributed by atoms with van der Waals surface area (Å²) in [5.41, 5.74) is 16.2. The van der Waals surface area contributed by atoms with Crippen LogP contribution in [-0.4, -0.2) is 23.7 Å². The maximum Gasteiger partial charge on any atom is 0.235 e. The van der Waals surface area contributed by atoms with Gasteiger partial charge in [0.25, 0.3) is 0 Å². The molecule has 0 atom stereocenters. The minimum atomic E-state index is 0.632. The number of aromatic nitrogens is 5. The Morgan fingerprint density at radius 3 is 1.27 bits per heavy atom. The summed E-state index contributed by atoms with van der Waals surface area (Å²) in [5.74, 6) is 0.632. The first-order chi connectivity index (χ1) is 31.3. The molecule has 9 aromatic carbocycles. The van der Waals surface area contributed by atoms with E-state index in [2.05, 4.69) is 238 Å². The maximum atomic E-state index is 5.61. The number of fused-ring (bicyclic) bond motifs is 9. The van der Waals surface area contributed by atoms with Gasteiger partial charge in [-0.3, -0.25) is 4.57 Å². The lowest BCUT2D eigenvalue weighted by atomic mass is 10.0. The lowest BCUT2D eigenvalue weighted by Gasteiger charge is -2.13. The van der Waals surface area contributed by atoms with Crippen LogP contribution in [0.25, 0.3) is 116 Å². The normalized spacial score (nSPS) is 11.8. The molecule has 0 saturated heterocycles. The Morgan fingerprint density at radius 1 is 0.270 bits per heavy atom. The largest absolute Gasteiger partial charge is 0.309 e. The van der Waals surface area contributed by atoms with Gasteiger partial charge in [-0.15, -0.1) is 0 Å². The van der Waals surface area contributed by atoms with Crippen LogP contribution in [-0.2, 0) is 0 Å². The minimum Gasteiger partial charge on any atom is -0.309 e. The lowest BCUT2D eigenvalue weighted by Crippen LogP contribution is -2.04. The highest BCUT2D eigenvalue weighted by Gasteiger charge is 2.24. The van der Waals surface area contributed by atoms with Crippen LogP contribution in [0.1, 0.15) is 0 Å². The first kappa shape index (κ1) is 35.2. The van der Waals surface area contributed by atoms with E-state index in [1.165, 1.54) is 27.4 Å². The Kier molecular flexibility index (Phi) is 7.84. The van der Waals surface area contributed by atoms with Crippen molar-refractivity contribution in [3.8, 4) is 50.8 Å². The molecule has 0 saturated carbocycles. The SMILES string of the molecule is c1ccc(-c2ccc3c(c2)c2nc(-n4c5ccccc5c5cc(-c6ccc7c(c6)c6ccccc6n7-c6ccccc6)ccc54)nc(-c4ccccc4)c2n3-c2ccccc2)cc1. The summed E-state index contributed by atoms with van der Waals surface area (Å²) in [6, 6.07) is 80.2. The van der Waals surface area contributed by atoms with Gasteiger partial charge >= 0.3 is 0 Å². The van der Waals surface area contributed by atoms with Gasteiger partial charge in [0.15, 0.2) is 0 Å². The van der Waals surface area contributed by atoms with E-state index in [-0.39, 0.29) is 0 Å². The highest BCUT2D eigenvalue weighted by atomic mass is 15.2. The Balaban J connectivity index is 1.06. The summed E-state index contributed by atoms with van der Waals surface area (Å²) in [4.78, 5) is 11.2. The molecule has 5 nitrogen and oxygen atoms in total. The van der Waals surface area contributed by atoms with Crippen molar-refractivity contribution in [2.75, 3.05) is 0 Å². The second-order valence-corrected chi connectivity index (χ2v) is 16.2. The molecule has 0 unspecified atom stereocenters. The molecule has 0 radical (unpaired) electrons. The Hall–Kier alpha value is -8.54. The van der Waals surface area contributed by atoms with Crippen molar-refractivity contribution in [3.05, 3.63) is 224 Å². The maximum absolute atomic E-state index is 5.61. The van der Waals surface area contributed by atoms with Crippen molar-refractivity contribution >= 4 is 65.5 Å². The second-order valence-electron chi connectivity index (χ2n) is 16.2. The number of para-hydroxylation sites is 4. The summed E-state index contributed by atoms with van der Waals surface area (Å²) in [7, 11) is 0. The van der Waals surface area contributed by atoms with E-state index < -0.39 is 0 Å². The van der Waals surface area contributed by atoms with Crippen LogP contribution in [0.4, 0.5) is 0 Å². The molecule has 63 heavy (non-hydrogen) atoms. The highest BCUT2D eigenvalue weighted by molar-refractivity contribution is 6.15. The van der Waals surface area contributed by atoms with E-state index in [4.69, 9.17) is 9.97 Å². The Morgan fingerprint density at radius 2 is 0.683 bits per heavy atom. The quantitative estimate of drug-likeness (QED) is 0.168. The summed E-state index contributed by atoms with van der Waals surface area (Å²) in [6.45, 7) is 0. The van der Waals surface area contributed by atoms with Gasteiger partial charge in [-0.05, 0) is 95.1 Å². The summed E-state index contributed by atoms with van der Waals surface area (Å²) in [5, 5.41) is 5.84. The molecule has 13 aromatic rings. The monoisotopic (exact) mass is 803 g/mol. The van der Waals surface area contributed by atoms with E-state index in [9.17, 15) is 0 Å². The predicted octanol–water partition coefficient (Wildman–Crippen LogP) is 14.8. The molecular weight excluding hydrogens is 767 g/mol. The van der Waals surface area contributed by atoms with Crippen molar-refractivity contribution in [2.24, 2.45) is 0 Å². The number of nitrogens with zero attached hydrogens (tertiary/aromatic N) is 5. The average molecular weight is 804 g/mol. The summed E-state index contributed by atoms with van der Waals surface area (Å²) >= 11 is 0. The van der Waals surface area contributed by atoms with Crippen LogP contribution >= 0.6 is 0 Å². The van der Waals surface area contributed by atoms with Gasteiger partial charge < -0.3 is 9.13 Å². The van der Waals surface area contributed by atoms with E-state index >= 15 is 0 Å². The zero-order valence-corrected chi connectivity index (χ0v) is 34.1. The fraction of sp³-hybridized carbons (Fsp3) is 0. The first-order valence-corrected chi connectivity index (χ1v) is 21.4. The molecule has 0 N–H and O–H groups in total. The minimum absolute atomic E-state index is 0.632. The molecule has 0 bridgehead atoms. The van der Waals surface area contributed by atoms with Gasteiger partial charge in [-0.1, -0.05) is 152 Å².